The fourth-order valence-electron chi connectivity index (χ4n) is 2.01. The first-order chi connectivity index (χ1) is 10.0. The number of carbonyl (C=O) groups excluding carboxylic acids is 1. The Hall–Kier alpha value is -1.52. The summed E-state index contributed by atoms with van der Waals surface area (Å²) >= 11 is 0. The molecule has 1 amide bonds. The van der Waals surface area contributed by atoms with Crippen LogP contribution in [0.2, 0.25) is 0 Å². The van der Waals surface area contributed by atoms with Gasteiger partial charge in [-0.3, -0.25) is 10.2 Å². The summed E-state index contributed by atoms with van der Waals surface area (Å²) < 4.78 is 28.1. The zero-order valence-corrected chi connectivity index (χ0v) is 12.3. The number of piperazine rings is 1. The number of amides is 1. The molecule has 1 fully saturated rings. The maximum Gasteiger partial charge on any atom is 0.279 e. The van der Waals surface area contributed by atoms with Gasteiger partial charge in [-0.2, -0.15) is 17.4 Å². The summed E-state index contributed by atoms with van der Waals surface area (Å²) in [6.07, 6.45) is 0. The van der Waals surface area contributed by atoms with E-state index in [0.29, 0.717) is 31.7 Å². The smallest absolute Gasteiger partial charge is 0.279 e. The SMILES string of the molecule is NNC(=O)c1ccc(CNS(=O)(=O)N2CCNCC2)cc1. The van der Waals surface area contributed by atoms with Crippen molar-refractivity contribution in [2.75, 3.05) is 26.2 Å². The van der Waals surface area contributed by atoms with E-state index in [9.17, 15) is 13.2 Å². The fraction of sp³-hybridized carbons (Fsp3) is 0.417. The minimum atomic E-state index is -3.47. The summed E-state index contributed by atoms with van der Waals surface area (Å²) in [5, 5.41) is 3.10. The molecular formula is C12H19N5O3S. The molecule has 5 N–H and O–H groups in total. The van der Waals surface area contributed by atoms with Crippen LogP contribution in [0.15, 0.2) is 24.3 Å². The number of hydrogen-bond donors (Lipinski definition) is 4. The molecule has 0 unspecified atom stereocenters. The predicted molar refractivity (Wildman–Crippen MR) is 78.3 cm³/mol. The Kier molecular flexibility index (Phi) is 5.26. The van der Waals surface area contributed by atoms with Gasteiger partial charge in [-0.1, -0.05) is 12.1 Å². The number of nitrogens with two attached hydrogens (primary N) is 1. The highest BCUT2D eigenvalue weighted by atomic mass is 32.2. The van der Waals surface area contributed by atoms with Crippen LogP contribution in [0.4, 0.5) is 0 Å². The third-order valence-corrected chi connectivity index (χ3v) is 4.78. The summed E-state index contributed by atoms with van der Waals surface area (Å²) in [6.45, 7) is 2.42. The second-order valence-corrected chi connectivity index (χ2v) is 6.40. The molecule has 2 rings (SSSR count). The van der Waals surface area contributed by atoms with Gasteiger partial charge in [0.25, 0.3) is 16.1 Å². The molecular weight excluding hydrogens is 294 g/mol. The lowest BCUT2D eigenvalue weighted by Gasteiger charge is -2.26. The van der Waals surface area contributed by atoms with Crippen molar-refractivity contribution in [1.29, 1.82) is 0 Å². The van der Waals surface area contributed by atoms with Crippen LogP contribution in [0, 0.1) is 0 Å². The third-order valence-electron chi connectivity index (χ3n) is 3.22. The van der Waals surface area contributed by atoms with Crippen molar-refractivity contribution < 1.29 is 13.2 Å². The van der Waals surface area contributed by atoms with Gasteiger partial charge >= 0.3 is 0 Å². The van der Waals surface area contributed by atoms with Crippen LogP contribution < -0.4 is 21.3 Å². The molecule has 8 nitrogen and oxygen atoms in total. The van der Waals surface area contributed by atoms with Gasteiger partial charge in [0.2, 0.25) is 0 Å². The highest BCUT2D eigenvalue weighted by molar-refractivity contribution is 7.87. The van der Waals surface area contributed by atoms with E-state index in [-0.39, 0.29) is 12.5 Å². The summed E-state index contributed by atoms with van der Waals surface area (Å²) in [6, 6.07) is 6.56. The number of nitrogens with zero attached hydrogens (tertiary/aromatic N) is 1. The van der Waals surface area contributed by atoms with Crippen LogP contribution in [0.1, 0.15) is 15.9 Å². The quantitative estimate of drug-likeness (QED) is 0.301. The molecule has 1 heterocycles. The van der Waals surface area contributed by atoms with Crippen LogP contribution >= 0.6 is 0 Å². The van der Waals surface area contributed by atoms with Gasteiger partial charge in [0, 0.05) is 38.3 Å². The molecule has 9 heteroatoms. The third kappa shape index (κ3) is 4.22. The van der Waals surface area contributed by atoms with E-state index in [1.165, 1.54) is 4.31 Å². The first-order valence-corrected chi connectivity index (χ1v) is 8.02. The molecule has 0 spiro atoms. The average Bonchev–Trinajstić information content (AvgIpc) is 2.53. The van der Waals surface area contributed by atoms with Crippen LogP contribution in [0.5, 0.6) is 0 Å². The van der Waals surface area contributed by atoms with Crippen molar-refractivity contribution in [2.45, 2.75) is 6.54 Å². The second kappa shape index (κ2) is 6.96. The van der Waals surface area contributed by atoms with E-state index < -0.39 is 10.2 Å². The first kappa shape index (κ1) is 15.9. The van der Waals surface area contributed by atoms with Gasteiger partial charge in [-0.05, 0) is 17.7 Å². The highest BCUT2D eigenvalue weighted by Crippen LogP contribution is 2.06. The number of rotatable bonds is 5. The largest absolute Gasteiger partial charge is 0.314 e. The lowest BCUT2D eigenvalue weighted by Crippen LogP contribution is -2.50. The molecule has 0 atom stereocenters. The van der Waals surface area contributed by atoms with Crippen LogP contribution in [0.3, 0.4) is 0 Å². The van der Waals surface area contributed by atoms with Gasteiger partial charge in [0.05, 0.1) is 0 Å². The Bertz CT molecular complexity index is 581. The first-order valence-electron chi connectivity index (χ1n) is 6.58. The number of carbonyl (C=O) groups is 1. The number of benzene rings is 1. The minimum Gasteiger partial charge on any atom is -0.314 e. The molecule has 0 saturated carbocycles. The molecule has 116 valence electrons. The summed E-state index contributed by atoms with van der Waals surface area (Å²) in [5.41, 5.74) is 3.23. The van der Waals surface area contributed by atoms with Crippen molar-refractivity contribution >= 4 is 16.1 Å². The van der Waals surface area contributed by atoms with Gasteiger partial charge in [0.15, 0.2) is 0 Å². The Morgan fingerprint density at radius 3 is 2.43 bits per heavy atom. The lowest BCUT2D eigenvalue weighted by molar-refractivity contribution is 0.0953. The molecule has 0 bridgehead atoms. The molecule has 1 aliphatic rings. The number of hydrogen-bond acceptors (Lipinski definition) is 5. The number of hydrazine groups is 1. The van der Waals surface area contributed by atoms with Crippen LogP contribution in [0.25, 0.3) is 0 Å². The number of nitrogens with one attached hydrogen (secondary N) is 3. The summed E-state index contributed by atoms with van der Waals surface area (Å²) in [4.78, 5) is 11.3. The fourth-order valence-corrected chi connectivity index (χ4v) is 3.20. The Balaban J connectivity index is 1.94. The van der Waals surface area contributed by atoms with Crippen molar-refractivity contribution in [2.24, 2.45) is 5.84 Å². The van der Waals surface area contributed by atoms with E-state index in [2.05, 4.69) is 10.0 Å². The maximum absolute atomic E-state index is 12.1. The van der Waals surface area contributed by atoms with E-state index in [4.69, 9.17) is 5.84 Å². The Labute approximate surface area is 123 Å². The zero-order chi connectivity index (χ0) is 15.3. The van der Waals surface area contributed by atoms with Gasteiger partial charge < -0.3 is 5.32 Å². The standard InChI is InChI=1S/C12H19N5O3S/c13-16-12(18)11-3-1-10(2-4-11)9-15-21(19,20)17-7-5-14-6-8-17/h1-4,14-15H,5-9,13H2,(H,16,18). The van der Waals surface area contributed by atoms with Crippen molar-refractivity contribution in [3.05, 3.63) is 35.4 Å². The van der Waals surface area contributed by atoms with Crippen LogP contribution in [-0.4, -0.2) is 44.8 Å². The molecule has 0 aromatic heterocycles. The number of nitrogen functional groups attached to an aromatic ring is 1. The molecule has 0 aliphatic carbocycles. The van der Waals surface area contributed by atoms with Crippen molar-refractivity contribution in [1.82, 2.24) is 19.8 Å². The second-order valence-electron chi connectivity index (χ2n) is 4.65. The van der Waals surface area contributed by atoms with Gasteiger partial charge in [0.1, 0.15) is 0 Å². The van der Waals surface area contributed by atoms with Gasteiger partial charge in [-0.25, -0.2) is 5.84 Å². The average molecular weight is 313 g/mol. The topological polar surface area (TPSA) is 117 Å². The summed E-state index contributed by atoms with van der Waals surface area (Å²) in [7, 11) is -3.47. The Morgan fingerprint density at radius 1 is 1.24 bits per heavy atom. The zero-order valence-electron chi connectivity index (χ0n) is 11.5. The lowest BCUT2D eigenvalue weighted by atomic mass is 10.1. The van der Waals surface area contributed by atoms with Gasteiger partial charge in [-0.15, -0.1) is 0 Å². The highest BCUT2D eigenvalue weighted by Gasteiger charge is 2.22. The monoisotopic (exact) mass is 313 g/mol. The van der Waals surface area contributed by atoms with E-state index in [1.807, 2.05) is 5.43 Å². The van der Waals surface area contributed by atoms with Crippen molar-refractivity contribution in [3.8, 4) is 0 Å². The molecule has 1 aromatic rings. The van der Waals surface area contributed by atoms with Crippen LogP contribution in [-0.2, 0) is 16.8 Å². The van der Waals surface area contributed by atoms with E-state index in [0.717, 1.165) is 5.56 Å². The predicted octanol–water partition coefficient (Wildman–Crippen LogP) is -1.47. The normalized spacial score (nSPS) is 16.6. The molecule has 1 aliphatic heterocycles. The molecule has 1 saturated heterocycles. The minimum absolute atomic E-state index is 0.177. The summed E-state index contributed by atoms with van der Waals surface area (Å²) in [5.74, 6) is 4.65. The Morgan fingerprint density at radius 2 is 1.86 bits per heavy atom. The van der Waals surface area contributed by atoms with E-state index >= 15 is 0 Å². The van der Waals surface area contributed by atoms with E-state index in [1.54, 1.807) is 24.3 Å². The molecule has 0 radical (unpaired) electrons. The molecule has 1 aromatic carbocycles. The molecule has 21 heavy (non-hydrogen) atoms. The van der Waals surface area contributed by atoms with Crippen molar-refractivity contribution in [3.63, 3.8) is 0 Å². The maximum atomic E-state index is 12.1.